The largest absolute Gasteiger partial charge is 0.504 e. The molecule has 1 aromatic carbocycles. The van der Waals surface area contributed by atoms with Crippen molar-refractivity contribution in [1.29, 1.82) is 0 Å². The third kappa shape index (κ3) is 8.45. The topological polar surface area (TPSA) is 72.8 Å². The minimum absolute atomic E-state index is 0.0205. The van der Waals surface area contributed by atoms with Crippen LogP contribution in [0.1, 0.15) is 48.2 Å². The van der Waals surface area contributed by atoms with E-state index < -0.39 is 25.3 Å². The fourth-order valence-electron chi connectivity index (χ4n) is 2.28. The average molecular weight is 432 g/mol. The maximum atomic E-state index is 12.4. The third-order valence-corrected chi connectivity index (χ3v) is 5.86. The Morgan fingerprint density at radius 3 is 2.41 bits per heavy atom. The van der Waals surface area contributed by atoms with Gasteiger partial charge in [0.2, 0.25) is 5.76 Å². The molecule has 0 bridgehead atoms. The second kappa shape index (κ2) is 11.2. The zero-order valence-corrected chi connectivity index (χ0v) is 17.4. The van der Waals surface area contributed by atoms with Gasteiger partial charge in [-0.15, -0.1) is 0 Å². The van der Waals surface area contributed by atoms with Crippen molar-refractivity contribution in [2.24, 2.45) is 0 Å². The molecule has 0 saturated heterocycles. The van der Waals surface area contributed by atoms with Crippen molar-refractivity contribution in [3.05, 3.63) is 46.7 Å². The molecule has 0 aliphatic heterocycles. The molecule has 0 aromatic heterocycles. The lowest BCUT2D eigenvalue weighted by Gasteiger charge is -2.15. The minimum atomic E-state index is -4.98. The van der Waals surface area contributed by atoms with Crippen LogP contribution in [-0.2, 0) is 13.6 Å². The van der Waals surface area contributed by atoms with E-state index in [0.717, 1.165) is 5.56 Å². The molecule has 0 unspecified atom stereocenters. The lowest BCUT2D eigenvalue weighted by atomic mass is 10.0. The Balaban J connectivity index is 2.83. The van der Waals surface area contributed by atoms with Crippen molar-refractivity contribution < 1.29 is 36.7 Å². The molecule has 5 nitrogen and oxygen atoms in total. The number of carbonyl (C=O) groups is 1. The molecule has 0 saturated carbocycles. The van der Waals surface area contributed by atoms with Crippen LogP contribution in [0.4, 0.5) is 13.2 Å². The molecule has 0 radical (unpaired) electrons. The van der Waals surface area contributed by atoms with Crippen LogP contribution >= 0.6 is 7.60 Å². The van der Waals surface area contributed by atoms with E-state index in [1.165, 1.54) is 12.1 Å². The number of hydrogen-bond acceptors (Lipinski definition) is 5. The molecule has 1 rings (SSSR count). The maximum absolute atomic E-state index is 12.4. The summed E-state index contributed by atoms with van der Waals surface area (Å²) in [5.74, 6) is 2.83. The number of ketones is 1. The molecular weight excluding hydrogens is 408 g/mol. The Kier molecular flexibility index (Phi) is 9.64. The van der Waals surface area contributed by atoms with E-state index in [9.17, 15) is 22.5 Å². The number of rotatable bonds is 9. The van der Waals surface area contributed by atoms with Crippen LogP contribution in [0.5, 0.6) is 0 Å². The Bertz CT molecular complexity index is 840. The summed E-state index contributed by atoms with van der Waals surface area (Å²) in [6.45, 7) is 5.76. The fourth-order valence-corrected chi connectivity index (χ4v) is 3.94. The number of aliphatic hydroxyl groups excluding tert-OH is 1. The number of carbonyl (C=O) groups excluding carboxylic acids is 1. The van der Waals surface area contributed by atoms with Gasteiger partial charge >= 0.3 is 13.8 Å². The number of halogens is 3. The van der Waals surface area contributed by atoms with E-state index in [-0.39, 0.29) is 31.0 Å². The SMILES string of the molecule is CCOP(=O)(CCCC#Cc1cc(C(=O)/C=C(\O)C(F)(F)F)ccc1C)OCC. The molecule has 0 amide bonds. The average Bonchev–Trinajstić information content (AvgIpc) is 2.62. The minimum Gasteiger partial charge on any atom is -0.504 e. The van der Waals surface area contributed by atoms with Gasteiger partial charge in [-0.3, -0.25) is 9.36 Å². The summed E-state index contributed by atoms with van der Waals surface area (Å²) < 4.78 is 59.8. The first-order valence-corrected chi connectivity index (χ1v) is 10.7. The highest BCUT2D eigenvalue weighted by Crippen LogP contribution is 2.48. The maximum Gasteiger partial charge on any atom is 0.448 e. The number of benzene rings is 1. The Morgan fingerprint density at radius 1 is 1.24 bits per heavy atom. The molecule has 0 atom stereocenters. The quantitative estimate of drug-likeness (QED) is 0.138. The molecule has 0 spiro atoms. The normalized spacial score (nSPS) is 12.4. The van der Waals surface area contributed by atoms with Crippen molar-refractivity contribution in [2.75, 3.05) is 19.4 Å². The van der Waals surface area contributed by atoms with Gasteiger partial charge in [0.1, 0.15) is 0 Å². The molecular formula is C20H24F3O5P. The molecule has 0 heterocycles. The second-order valence-corrected chi connectivity index (χ2v) is 8.18. The van der Waals surface area contributed by atoms with Gasteiger partial charge in [0.25, 0.3) is 0 Å². The summed E-state index contributed by atoms with van der Waals surface area (Å²) in [7, 11) is -3.12. The summed E-state index contributed by atoms with van der Waals surface area (Å²) in [5.41, 5.74) is 1.20. The summed E-state index contributed by atoms with van der Waals surface area (Å²) in [6.07, 6.45) is -3.74. The number of aliphatic hydroxyl groups is 1. The van der Waals surface area contributed by atoms with Crippen molar-refractivity contribution in [3.63, 3.8) is 0 Å². The molecule has 0 aliphatic carbocycles. The zero-order valence-electron chi connectivity index (χ0n) is 16.5. The summed E-state index contributed by atoms with van der Waals surface area (Å²) >= 11 is 0. The van der Waals surface area contributed by atoms with Crippen molar-refractivity contribution in [1.82, 2.24) is 0 Å². The first-order valence-electron chi connectivity index (χ1n) is 9.02. The number of alkyl halides is 3. The molecule has 9 heteroatoms. The van der Waals surface area contributed by atoms with Gasteiger partial charge in [-0.25, -0.2) is 0 Å². The number of hydrogen-bond donors (Lipinski definition) is 1. The van der Waals surface area contributed by atoms with Gasteiger partial charge in [-0.2, -0.15) is 13.2 Å². The standard InChI is InChI=1S/C20H24F3O5P/c1-4-27-29(26,28-5-2)12-8-6-7-9-16-13-17(11-10-15(16)3)18(24)14-19(25)20(21,22)23/h10-11,13-14,25H,4-6,8,12H2,1-3H3/b19-14-. The van der Waals surface area contributed by atoms with Crippen LogP contribution in [0.15, 0.2) is 30.0 Å². The highest BCUT2D eigenvalue weighted by molar-refractivity contribution is 7.53. The zero-order chi connectivity index (χ0) is 22.1. The van der Waals surface area contributed by atoms with E-state index >= 15 is 0 Å². The van der Waals surface area contributed by atoms with Gasteiger partial charge in [-0.05, 0) is 38.8 Å². The Morgan fingerprint density at radius 2 is 1.86 bits per heavy atom. The molecule has 1 N–H and O–H groups in total. The van der Waals surface area contributed by atoms with Crippen LogP contribution in [-0.4, -0.2) is 36.4 Å². The number of allylic oxidation sites excluding steroid dienone is 2. The predicted molar refractivity (Wildman–Crippen MR) is 104 cm³/mol. The third-order valence-electron chi connectivity index (χ3n) is 3.69. The monoisotopic (exact) mass is 432 g/mol. The van der Waals surface area contributed by atoms with Gasteiger partial charge in [0.05, 0.1) is 19.4 Å². The van der Waals surface area contributed by atoms with E-state index in [4.69, 9.17) is 14.2 Å². The fraction of sp³-hybridized carbons (Fsp3) is 0.450. The van der Waals surface area contributed by atoms with Crippen LogP contribution in [0.25, 0.3) is 0 Å². The van der Waals surface area contributed by atoms with Crippen molar-refractivity contribution in [2.45, 2.75) is 39.8 Å². The van der Waals surface area contributed by atoms with E-state index in [2.05, 4.69) is 11.8 Å². The highest BCUT2D eigenvalue weighted by Gasteiger charge is 2.34. The molecule has 1 aromatic rings. The summed E-state index contributed by atoms with van der Waals surface area (Å²) in [4.78, 5) is 11.9. The van der Waals surface area contributed by atoms with Gasteiger partial charge < -0.3 is 14.2 Å². The predicted octanol–water partition coefficient (Wildman–Crippen LogP) is 5.58. The first kappa shape index (κ1) is 25.0. The first-order chi connectivity index (χ1) is 13.5. The highest BCUT2D eigenvalue weighted by atomic mass is 31.2. The lowest BCUT2D eigenvalue weighted by molar-refractivity contribution is -0.120. The number of unbranched alkanes of at least 4 members (excludes halogenated alkanes) is 1. The Hall–Kier alpha value is -2.07. The van der Waals surface area contributed by atoms with Crippen molar-refractivity contribution in [3.8, 4) is 11.8 Å². The van der Waals surface area contributed by atoms with Crippen LogP contribution in [0.3, 0.4) is 0 Å². The molecule has 29 heavy (non-hydrogen) atoms. The van der Waals surface area contributed by atoms with Crippen molar-refractivity contribution >= 4 is 13.4 Å². The van der Waals surface area contributed by atoms with Gasteiger partial charge in [0.15, 0.2) is 5.78 Å². The summed E-state index contributed by atoms with van der Waals surface area (Å²) in [6, 6.07) is 4.30. The van der Waals surface area contributed by atoms with Gasteiger partial charge in [0, 0.05) is 23.6 Å². The smallest absolute Gasteiger partial charge is 0.448 e. The molecule has 0 aliphatic rings. The molecule has 160 valence electrons. The number of aryl methyl sites for hydroxylation is 1. The lowest BCUT2D eigenvalue weighted by Crippen LogP contribution is -2.13. The second-order valence-electron chi connectivity index (χ2n) is 6.00. The summed E-state index contributed by atoms with van der Waals surface area (Å²) in [5, 5.41) is 8.93. The van der Waals surface area contributed by atoms with E-state index in [1.807, 2.05) is 0 Å². The van der Waals surface area contributed by atoms with E-state index in [0.29, 0.717) is 18.4 Å². The van der Waals surface area contributed by atoms with Crippen LogP contribution < -0.4 is 0 Å². The van der Waals surface area contributed by atoms with Crippen LogP contribution in [0.2, 0.25) is 0 Å². The van der Waals surface area contributed by atoms with Gasteiger partial charge in [-0.1, -0.05) is 24.0 Å². The Labute approximate surface area is 168 Å². The van der Waals surface area contributed by atoms with E-state index in [1.54, 1.807) is 26.8 Å². The molecule has 0 fully saturated rings. The van der Waals surface area contributed by atoms with Crippen LogP contribution in [0, 0.1) is 18.8 Å².